The van der Waals surface area contributed by atoms with Crippen LogP contribution < -0.4 is 15.0 Å². The molecule has 3 heterocycles. The number of nitrogens with zero attached hydrogens (tertiary/aromatic N) is 3. The van der Waals surface area contributed by atoms with Gasteiger partial charge in [-0.1, -0.05) is 0 Å². The summed E-state index contributed by atoms with van der Waals surface area (Å²) in [5, 5.41) is 0. The Morgan fingerprint density at radius 2 is 2.00 bits per heavy atom. The molecule has 1 fully saturated rings. The zero-order valence-corrected chi connectivity index (χ0v) is 12.3. The van der Waals surface area contributed by atoms with E-state index >= 15 is 0 Å². The van der Waals surface area contributed by atoms with Crippen LogP contribution in [0.15, 0.2) is 24.4 Å². The number of primary amides is 1. The molecule has 2 aromatic rings. The Kier molecular flexibility index (Phi) is 3.50. The monoisotopic (exact) mass is 301 g/mol. The highest BCUT2D eigenvalue weighted by molar-refractivity contribution is 5.97. The van der Waals surface area contributed by atoms with Gasteiger partial charge in [0.05, 0.1) is 38.6 Å². The molecule has 114 valence electrons. The summed E-state index contributed by atoms with van der Waals surface area (Å²) in [6.07, 6.45) is 2.29. The molecule has 0 atom stereocenters. The predicted octanol–water partition coefficient (Wildman–Crippen LogP) is 1.39. The number of aromatic nitrogens is 2. The Labute approximate surface area is 127 Å². The molecule has 0 aromatic carbocycles. The number of hydrogen-bond donors (Lipinski definition) is 1. The predicted molar refractivity (Wildman–Crippen MR) is 81.4 cm³/mol. The zero-order chi connectivity index (χ0) is 15.7. The number of ketones is 1. The minimum atomic E-state index is -0.482. The van der Waals surface area contributed by atoms with Gasteiger partial charge in [-0.3, -0.25) is 9.78 Å². The molecule has 7 heteroatoms. The Balaban J connectivity index is 2.22. The van der Waals surface area contributed by atoms with Gasteiger partial charge in [0, 0.05) is 18.3 Å². The summed E-state index contributed by atoms with van der Waals surface area (Å²) < 4.78 is 5.08. The third-order valence-corrected chi connectivity index (χ3v) is 4.17. The maximum atomic E-state index is 12.2. The van der Waals surface area contributed by atoms with Gasteiger partial charge in [0.2, 0.25) is 5.88 Å². The van der Waals surface area contributed by atoms with Crippen LogP contribution in [0.3, 0.4) is 0 Å². The van der Waals surface area contributed by atoms with E-state index < -0.39 is 6.03 Å². The number of pyridine rings is 2. The van der Waals surface area contributed by atoms with Crippen molar-refractivity contribution >= 4 is 28.5 Å². The summed E-state index contributed by atoms with van der Waals surface area (Å²) in [5.41, 5.74) is 7.59. The van der Waals surface area contributed by atoms with Crippen LogP contribution in [0.25, 0.3) is 11.0 Å². The molecular weight excluding hydrogens is 284 g/mol. The lowest BCUT2D eigenvalue weighted by molar-refractivity contribution is -0.120. The van der Waals surface area contributed by atoms with Crippen LogP contribution in [0.5, 0.6) is 5.88 Å². The maximum absolute atomic E-state index is 12.2. The van der Waals surface area contributed by atoms with Crippen molar-refractivity contribution in [2.75, 3.05) is 20.2 Å². The Morgan fingerprint density at radius 3 is 2.64 bits per heavy atom. The largest absolute Gasteiger partial charge is 0.481 e. The Morgan fingerprint density at radius 1 is 1.27 bits per heavy atom. The number of rotatable bonds is 2. The molecule has 1 saturated heterocycles. The first-order valence-electron chi connectivity index (χ1n) is 7.06. The number of ether oxygens (including phenoxy) is 1. The van der Waals surface area contributed by atoms with E-state index in [1.807, 2.05) is 0 Å². The van der Waals surface area contributed by atoms with Crippen molar-refractivity contribution < 1.29 is 14.3 Å². The number of amides is 2. The first-order valence-corrected chi connectivity index (χ1v) is 7.06. The first kappa shape index (κ1) is 14.4. The molecule has 1 aliphatic rings. The number of fused-ring (bicyclic) bond motifs is 1. The van der Waals surface area contributed by atoms with Crippen LogP contribution >= 0.6 is 0 Å². The molecule has 22 heavy (non-hydrogen) atoms. The molecule has 0 radical (unpaired) electrons. The maximum Gasteiger partial charge on any atom is 0.419 e. The van der Waals surface area contributed by atoms with E-state index in [0.29, 0.717) is 48.5 Å². The highest BCUT2D eigenvalue weighted by Crippen LogP contribution is 2.33. The van der Waals surface area contributed by atoms with Gasteiger partial charge in [-0.2, -0.15) is 0 Å². The highest BCUT2D eigenvalue weighted by atomic mass is 16.5. The van der Waals surface area contributed by atoms with Crippen molar-refractivity contribution in [3.05, 3.63) is 24.4 Å². The summed E-state index contributed by atoms with van der Waals surface area (Å²) >= 11 is 0. The zero-order valence-electron chi connectivity index (χ0n) is 12.3. The van der Waals surface area contributed by atoms with Crippen molar-refractivity contribution in [1.29, 1.82) is 0 Å². The average Bonchev–Trinajstić information content (AvgIpc) is 2.54. The van der Waals surface area contributed by atoms with Crippen LogP contribution in [0, 0.1) is 0 Å². The molecule has 1 aliphatic heterocycles. The Hall–Kier alpha value is -2.54. The lowest BCUT2D eigenvalue weighted by atomic mass is 10.0. The van der Waals surface area contributed by atoms with E-state index in [1.165, 1.54) is 7.11 Å². The molecule has 0 unspecified atom stereocenters. The molecule has 3 rings (SSSR count). The minimum Gasteiger partial charge on any atom is -0.481 e. The van der Waals surface area contributed by atoms with Gasteiger partial charge in [-0.05, 0) is 6.07 Å². The average molecular weight is 301 g/mol. The number of methoxy groups -OCH3 is 1. The van der Waals surface area contributed by atoms with Crippen LogP contribution in [0.2, 0.25) is 0 Å². The quantitative estimate of drug-likeness (QED) is 0.846. The minimum absolute atomic E-state index is 0.0784. The number of carbonyl (C=O) groups excluding carboxylic acids is 2. The molecule has 7 nitrogen and oxygen atoms in total. The number of likely N-dealkylation sites (tertiary alicyclic amines) is 1. The van der Waals surface area contributed by atoms with Crippen molar-refractivity contribution in [2.45, 2.75) is 12.8 Å². The first-order chi connectivity index (χ1) is 10.6. The fourth-order valence-corrected chi connectivity index (χ4v) is 2.90. The topological polar surface area (TPSA) is 95.2 Å². The van der Waals surface area contributed by atoms with Gasteiger partial charge < -0.3 is 10.5 Å². The van der Waals surface area contributed by atoms with E-state index in [4.69, 9.17) is 10.5 Å². The van der Waals surface area contributed by atoms with Crippen molar-refractivity contribution in [3.8, 4) is 5.88 Å². The highest BCUT2D eigenvalue weighted by Gasteiger charge is 2.43. The second kappa shape index (κ2) is 5.34. The van der Waals surface area contributed by atoms with Crippen molar-refractivity contribution in [1.82, 2.24) is 14.5 Å². The number of piperidine rings is 1. The fourth-order valence-electron chi connectivity index (χ4n) is 2.90. The summed E-state index contributed by atoms with van der Waals surface area (Å²) in [6.45, 7) is 0.707. The number of nitrogens with two attached hydrogens (primary N) is 1. The van der Waals surface area contributed by atoms with Crippen LogP contribution in [0.1, 0.15) is 12.8 Å². The van der Waals surface area contributed by atoms with E-state index in [2.05, 4.69) is 9.97 Å². The number of carbonyl (C=O) groups is 2. The van der Waals surface area contributed by atoms with Gasteiger partial charge >= 0.3 is 6.03 Å². The fraction of sp³-hybridized carbons (Fsp3) is 0.333. The third kappa shape index (κ3) is 2.19. The normalized spacial score (nSPS) is 17.4. The molecule has 0 aliphatic carbocycles. The molecule has 2 amide bonds. The summed E-state index contributed by atoms with van der Waals surface area (Å²) in [5.74, 6) is 0.594. The molecule has 0 bridgehead atoms. The van der Waals surface area contributed by atoms with Crippen molar-refractivity contribution in [2.24, 2.45) is 5.73 Å². The van der Waals surface area contributed by atoms with Crippen LogP contribution in [-0.4, -0.2) is 42.0 Å². The van der Waals surface area contributed by atoms with E-state index in [-0.39, 0.29) is 10.3 Å². The lowest BCUT2D eigenvalue weighted by Gasteiger charge is -2.36. The van der Waals surface area contributed by atoms with Gasteiger partial charge in [0.25, 0.3) is 0 Å². The molecule has 0 spiro atoms. The number of urea groups is 1. The smallest absolute Gasteiger partial charge is 0.419 e. The lowest BCUT2D eigenvalue weighted by Crippen LogP contribution is -2.61. The van der Waals surface area contributed by atoms with E-state index in [0.717, 1.165) is 0 Å². The third-order valence-electron chi connectivity index (χ3n) is 4.17. The molecule has 2 N–H and O–H groups in total. The summed E-state index contributed by atoms with van der Waals surface area (Å²) in [7, 11) is 1.53. The molecular formula is C15H17N4O3+. The SMILES string of the molecule is COc1ccc2nccc([N+]3(C(N)=O)CCC(=O)CC3)c2n1. The summed E-state index contributed by atoms with van der Waals surface area (Å²) in [6, 6.07) is 4.77. The number of Topliss-reactive ketones (excluding diaryl/α,β-unsaturated/α-hetero) is 1. The second-order valence-electron chi connectivity index (χ2n) is 5.34. The number of quaternary nitrogens is 1. The van der Waals surface area contributed by atoms with Crippen molar-refractivity contribution in [3.63, 3.8) is 0 Å². The standard InChI is InChI=1S/C15H16N4O3/c1-22-13-3-2-11-14(18-13)12(4-7-17-11)19(15(16)21)8-5-10(20)6-9-19/h2-4,7H,5-6,8-9H2,1H3,(H-,16,21)/p+1. The van der Waals surface area contributed by atoms with Crippen LogP contribution in [-0.2, 0) is 4.79 Å². The van der Waals surface area contributed by atoms with Gasteiger partial charge in [-0.15, -0.1) is 0 Å². The van der Waals surface area contributed by atoms with E-state index in [1.54, 1.807) is 24.4 Å². The Bertz CT molecular complexity index is 750. The second-order valence-corrected chi connectivity index (χ2v) is 5.34. The van der Waals surface area contributed by atoms with E-state index in [9.17, 15) is 9.59 Å². The van der Waals surface area contributed by atoms with Gasteiger partial charge in [-0.25, -0.2) is 14.3 Å². The molecule has 0 saturated carbocycles. The summed E-state index contributed by atoms with van der Waals surface area (Å²) in [4.78, 5) is 32.4. The van der Waals surface area contributed by atoms with Crippen LogP contribution in [0.4, 0.5) is 10.5 Å². The number of hydrogen-bond acceptors (Lipinski definition) is 5. The molecule has 2 aromatic heterocycles. The van der Waals surface area contributed by atoms with Gasteiger partial charge in [0.1, 0.15) is 5.78 Å². The van der Waals surface area contributed by atoms with Gasteiger partial charge in [0.15, 0.2) is 11.2 Å².